The molecular formula is C9H15BrN2O2S2. The molecule has 0 aliphatic heterocycles. The molecular weight excluding hydrogens is 312 g/mol. The van der Waals surface area contributed by atoms with E-state index in [2.05, 4.69) is 20.7 Å². The summed E-state index contributed by atoms with van der Waals surface area (Å²) in [6.45, 7) is 0.897. The van der Waals surface area contributed by atoms with E-state index in [4.69, 9.17) is 5.73 Å². The number of thiophene rings is 1. The summed E-state index contributed by atoms with van der Waals surface area (Å²) in [5.41, 5.74) is 5.31. The van der Waals surface area contributed by atoms with Crippen LogP contribution in [-0.2, 0) is 16.6 Å². The van der Waals surface area contributed by atoms with Gasteiger partial charge < -0.3 is 5.73 Å². The fourth-order valence-electron chi connectivity index (χ4n) is 1.14. The average molecular weight is 327 g/mol. The van der Waals surface area contributed by atoms with Gasteiger partial charge in [0.15, 0.2) is 0 Å². The molecule has 3 N–H and O–H groups in total. The van der Waals surface area contributed by atoms with Crippen molar-refractivity contribution in [3.63, 3.8) is 0 Å². The molecule has 0 saturated carbocycles. The van der Waals surface area contributed by atoms with Crippen molar-refractivity contribution in [2.45, 2.75) is 19.4 Å². The Morgan fingerprint density at radius 1 is 1.38 bits per heavy atom. The van der Waals surface area contributed by atoms with E-state index in [1.165, 1.54) is 11.3 Å². The van der Waals surface area contributed by atoms with Crippen LogP contribution in [0.3, 0.4) is 0 Å². The van der Waals surface area contributed by atoms with E-state index in [0.717, 1.165) is 15.1 Å². The third kappa shape index (κ3) is 5.40. The molecule has 0 aliphatic carbocycles. The van der Waals surface area contributed by atoms with Gasteiger partial charge in [0.25, 0.3) is 0 Å². The molecule has 4 nitrogen and oxygen atoms in total. The van der Waals surface area contributed by atoms with Crippen LogP contribution in [0.1, 0.15) is 17.7 Å². The highest BCUT2D eigenvalue weighted by molar-refractivity contribution is 9.11. The Bertz CT molecular complexity index is 417. The summed E-state index contributed by atoms with van der Waals surface area (Å²) in [4.78, 5) is 0.995. The lowest BCUT2D eigenvalue weighted by molar-refractivity contribution is 0.577. The lowest BCUT2D eigenvalue weighted by Crippen LogP contribution is -2.25. The van der Waals surface area contributed by atoms with Gasteiger partial charge in [-0.15, -0.1) is 11.3 Å². The Kier molecular flexibility index (Phi) is 5.91. The fraction of sp³-hybridized carbons (Fsp3) is 0.556. The van der Waals surface area contributed by atoms with Gasteiger partial charge >= 0.3 is 0 Å². The number of hydrogen-bond donors (Lipinski definition) is 2. The summed E-state index contributed by atoms with van der Waals surface area (Å²) in [6, 6.07) is 3.81. The van der Waals surface area contributed by atoms with E-state index in [1.54, 1.807) is 0 Å². The molecule has 1 rings (SSSR count). The first kappa shape index (κ1) is 14.1. The number of hydrogen-bond acceptors (Lipinski definition) is 4. The molecule has 0 unspecified atom stereocenters. The summed E-state index contributed by atoms with van der Waals surface area (Å²) >= 11 is 4.86. The van der Waals surface area contributed by atoms with E-state index in [9.17, 15) is 8.42 Å². The second-order valence-corrected chi connectivity index (χ2v) is 7.82. The molecule has 0 bridgehead atoms. The monoisotopic (exact) mass is 326 g/mol. The average Bonchev–Trinajstić information content (AvgIpc) is 2.62. The van der Waals surface area contributed by atoms with Crippen molar-refractivity contribution in [2.24, 2.45) is 5.73 Å². The van der Waals surface area contributed by atoms with Crippen molar-refractivity contribution in [3.8, 4) is 0 Å². The van der Waals surface area contributed by atoms with Gasteiger partial charge in [0.2, 0.25) is 10.0 Å². The summed E-state index contributed by atoms with van der Waals surface area (Å²) in [5, 5.41) is 0. The lowest BCUT2D eigenvalue weighted by Gasteiger charge is -2.04. The molecule has 0 radical (unpaired) electrons. The molecule has 1 aromatic rings. The van der Waals surface area contributed by atoms with Crippen LogP contribution in [0.25, 0.3) is 0 Å². The number of sulfonamides is 1. The first-order chi connectivity index (χ1) is 7.53. The molecule has 7 heteroatoms. The predicted molar refractivity (Wildman–Crippen MR) is 70.9 cm³/mol. The second kappa shape index (κ2) is 6.70. The molecule has 0 amide bonds. The van der Waals surface area contributed by atoms with Crippen molar-refractivity contribution in [1.29, 1.82) is 0 Å². The predicted octanol–water partition coefficient (Wildman–Crippen LogP) is 1.67. The van der Waals surface area contributed by atoms with Gasteiger partial charge in [0.05, 0.1) is 9.54 Å². The maximum Gasteiger partial charge on any atom is 0.211 e. The highest BCUT2D eigenvalue weighted by atomic mass is 79.9. The molecule has 0 aromatic carbocycles. The standard InChI is InChI=1S/C9H15BrN2O2S2/c10-9-4-3-8(15-9)7-12-16(13,14)6-2-1-5-11/h3-4,12H,1-2,5-7,11H2. The van der Waals surface area contributed by atoms with E-state index >= 15 is 0 Å². The highest BCUT2D eigenvalue weighted by Gasteiger charge is 2.09. The second-order valence-electron chi connectivity index (χ2n) is 3.34. The van der Waals surface area contributed by atoms with Gasteiger partial charge in [-0.3, -0.25) is 0 Å². The molecule has 1 aromatic heterocycles. The zero-order valence-corrected chi connectivity index (χ0v) is 12.0. The molecule has 0 saturated heterocycles. The van der Waals surface area contributed by atoms with E-state index < -0.39 is 10.0 Å². The van der Waals surface area contributed by atoms with Crippen molar-refractivity contribution < 1.29 is 8.42 Å². The smallest absolute Gasteiger partial charge is 0.211 e. The molecule has 1 heterocycles. The molecule has 0 atom stereocenters. The molecule has 0 spiro atoms. The topological polar surface area (TPSA) is 72.2 Å². The van der Waals surface area contributed by atoms with Crippen LogP contribution in [0, 0.1) is 0 Å². The van der Waals surface area contributed by atoms with Gasteiger partial charge in [0.1, 0.15) is 0 Å². The minimum absolute atomic E-state index is 0.150. The molecule has 16 heavy (non-hydrogen) atoms. The van der Waals surface area contributed by atoms with E-state index in [1.807, 2.05) is 12.1 Å². The van der Waals surface area contributed by atoms with Crippen molar-refractivity contribution in [3.05, 3.63) is 20.8 Å². The third-order valence-corrected chi connectivity index (χ3v) is 5.00. The maximum atomic E-state index is 11.5. The van der Waals surface area contributed by atoms with Gasteiger partial charge in [0, 0.05) is 11.4 Å². The Labute approximate surface area is 108 Å². The highest BCUT2D eigenvalue weighted by Crippen LogP contribution is 2.21. The molecule has 92 valence electrons. The quantitative estimate of drug-likeness (QED) is 0.748. The van der Waals surface area contributed by atoms with Gasteiger partial charge in [-0.25, -0.2) is 13.1 Å². The minimum atomic E-state index is -3.16. The first-order valence-corrected chi connectivity index (χ1v) is 8.21. The van der Waals surface area contributed by atoms with Gasteiger partial charge in [-0.1, -0.05) is 0 Å². The Balaban J connectivity index is 2.36. The number of nitrogens with two attached hydrogens (primary N) is 1. The third-order valence-electron chi connectivity index (χ3n) is 1.96. The van der Waals surface area contributed by atoms with Crippen molar-refractivity contribution >= 4 is 37.3 Å². The largest absolute Gasteiger partial charge is 0.330 e. The van der Waals surface area contributed by atoms with Crippen molar-refractivity contribution in [1.82, 2.24) is 4.72 Å². The number of nitrogens with one attached hydrogen (secondary N) is 1. The minimum Gasteiger partial charge on any atom is -0.330 e. The zero-order valence-electron chi connectivity index (χ0n) is 8.78. The molecule has 0 aliphatic rings. The van der Waals surface area contributed by atoms with Crippen LogP contribution >= 0.6 is 27.3 Å². The van der Waals surface area contributed by atoms with Crippen LogP contribution in [0.2, 0.25) is 0 Å². The normalized spacial score (nSPS) is 11.9. The molecule has 0 fully saturated rings. The van der Waals surface area contributed by atoms with Crippen molar-refractivity contribution in [2.75, 3.05) is 12.3 Å². The van der Waals surface area contributed by atoms with Gasteiger partial charge in [-0.05, 0) is 47.4 Å². The number of unbranched alkanes of at least 4 members (excludes halogenated alkanes) is 1. The summed E-state index contributed by atoms with van der Waals surface area (Å²) in [7, 11) is -3.16. The van der Waals surface area contributed by atoms with Gasteiger partial charge in [-0.2, -0.15) is 0 Å². The van der Waals surface area contributed by atoms with Crippen LogP contribution < -0.4 is 10.5 Å². The zero-order chi connectivity index (χ0) is 12.0. The van der Waals surface area contributed by atoms with E-state index in [-0.39, 0.29) is 5.75 Å². The number of halogens is 1. The lowest BCUT2D eigenvalue weighted by atomic mass is 10.3. The SMILES string of the molecule is NCCCCS(=O)(=O)NCc1ccc(Br)s1. The Morgan fingerprint density at radius 3 is 2.69 bits per heavy atom. The summed E-state index contributed by atoms with van der Waals surface area (Å²) < 4.78 is 26.6. The van der Waals surface area contributed by atoms with Crippen LogP contribution in [0.4, 0.5) is 0 Å². The van der Waals surface area contributed by atoms with Crippen LogP contribution in [0.5, 0.6) is 0 Å². The van der Waals surface area contributed by atoms with E-state index in [0.29, 0.717) is 19.5 Å². The Morgan fingerprint density at radius 2 is 2.12 bits per heavy atom. The van der Waals surface area contributed by atoms with Crippen LogP contribution in [-0.4, -0.2) is 20.7 Å². The Hall–Kier alpha value is 0.0500. The summed E-state index contributed by atoms with van der Waals surface area (Å²) in [5.74, 6) is 0.150. The fourth-order valence-corrected chi connectivity index (χ4v) is 3.75. The number of rotatable bonds is 7. The maximum absolute atomic E-state index is 11.5. The first-order valence-electron chi connectivity index (χ1n) is 4.95. The summed E-state index contributed by atoms with van der Waals surface area (Å²) in [6.07, 6.45) is 1.35. The van der Waals surface area contributed by atoms with Crippen LogP contribution in [0.15, 0.2) is 15.9 Å².